The lowest BCUT2D eigenvalue weighted by molar-refractivity contribution is 0.0515. The van der Waals surface area contributed by atoms with Crippen LogP contribution in [-0.2, 0) is 4.74 Å². The molecular weight excluding hydrogens is 278 g/mol. The monoisotopic (exact) mass is 297 g/mol. The molecule has 0 bridgehead atoms. The fourth-order valence-corrected chi connectivity index (χ4v) is 2.14. The summed E-state index contributed by atoms with van der Waals surface area (Å²) in [5.74, 6) is -0.312. The van der Waals surface area contributed by atoms with E-state index < -0.39 is 0 Å². The first kappa shape index (κ1) is 15.8. The normalized spacial score (nSPS) is 10.0. The average Bonchev–Trinajstić information content (AvgIpc) is 2.59. The number of ether oxygens (including phenoxy) is 1. The van der Waals surface area contributed by atoms with Crippen molar-refractivity contribution < 1.29 is 14.3 Å². The van der Waals surface area contributed by atoms with Crippen LogP contribution in [-0.4, -0.2) is 32.0 Å². The minimum absolute atomic E-state index is 0.312. The van der Waals surface area contributed by atoms with E-state index in [4.69, 9.17) is 4.74 Å². The molecule has 0 amide bonds. The summed E-state index contributed by atoms with van der Waals surface area (Å²) in [6, 6.07) is 16.3. The van der Waals surface area contributed by atoms with E-state index in [-0.39, 0.29) is 5.97 Å². The average molecular weight is 297 g/mol. The second-order valence-electron chi connectivity index (χ2n) is 4.79. The van der Waals surface area contributed by atoms with Gasteiger partial charge in [-0.1, -0.05) is 18.2 Å². The highest BCUT2D eigenvalue weighted by Gasteiger charge is 2.08. The highest BCUT2D eigenvalue weighted by Crippen LogP contribution is 2.14. The maximum absolute atomic E-state index is 11.9. The summed E-state index contributed by atoms with van der Waals surface area (Å²) >= 11 is 0. The quantitative estimate of drug-likeness (QED) is 0.581. The number of anilines is 1. The van der Waals surface area contributed by atoms with Crippen LogP contribution >= 0.6 is 0 Å². The van der Waals surface area contributed by atoms with Gasteiger partial charge in [0.1, 0.15) is 12.9 Å². The maximum atomic E-state index is 11.9. The van der Waals surface area contributed by atoms with E-state index >= 15 is 0 Å². The summed E-state index contributed by atoms with van der Waals surface area (Å²) in [7, 11) is 0. The topological polar surface area (TPSA) is 46.6 Å². The van der Waals surface area contributed by atoms with Gasteiger partial charge in [-0.15, -0.1) is 0 Å². The van der Waals surface area contributed by atoms with Crippen molar-refractivity contribution in [3.05, 3.63) is 65.7 Å². The molecule has 0 fully saturated rings. The summed E-state index contributed by atoms with van der Waals surface area (Å²) in [4.78, 5) is 24.6. The Hall–Kier alpha value is -2.62. The molecule has 0 aliphatic rings. The Bertz CT molecular complexity index is 608. The Labute approximate surface area is 130 Å². The van der Waals surface area contributed by atoms with Gasteiger partial charge in [-0.3, -0.25) is 4.79 Å². The molecule has 2 rings (SSSR count). The number of carbonyl (C=O) groups excluding carboxylic acids is 2. The number of hydrogen-bond donors (Lipinski definition) is 0. The van der Waals surface area contributed by atoms with Gasteiger partial charge in [0.05, 0.1) is 12.1 Å². The number of carbonyl (C=O) groups is 2. The molecule has 0 radical (unpaired) electrons. The lowest BCUT2D eigenvalue weighted by Crippen LogP contribution is -2.28. The van der Waals surface area contributed by atoms with Crippen molar-refractivity contribution in [1.82, 2.24) is 0 Å². The lowest BCUT2D eigenvalue weighted by Gasteiger charge is -2.23. The van der Waals surface area contributed by atoms with Crippen molar-refractivity contribution in [3.63, 3.8) is 0 Å². The Morgan fingerprint density at radius 3 is 2.36 bits per heavy atom. The van der Waals surface area contributed by atoms with E-state index in [1.165, 1.54) is 0 Å². The van der Waals surface area contributed by atoms with Crippen LogP contribution in [0.15, 0.2) is 54.6 Å². The molecule has 0 heterocycles. The highest BCUT2D eigenvalue weighted by atomic mass is 16.5. The number of esters is 1. The zero-order valence-electron chi connectivity index (χ0n) is 12.6. The predicted molar refractivity (Wildman–Crippen MR) is 86.4 cm³/mol. The summed E-state index contributed by atoms with van der Waals surface area (Å²) in [5.41, 5.74) is 2.21. The minimum Gasteiger partial charge on any atom is -0.460 e. The number of benzene rings is 2. The first-order valence-electron chi connectivity index (χ1n) is 7.27. The fraction of sp³-hybridized carbons (Fsp3) is 0.222. The molecule has 114 valence electrons. The summed E-state index contributed by atoms with van der Waals surface area (Å²) in [6.45, 7) is 3.75. The molecule has 4 heteroatoms. The lowest BCUT2D eigenvalue weighted by atomic mass is 10.2. The van der Waals surface area contributed by atoms with Gasteiger partial charge in [0.2, 0.25) is 0 Å². The number of likely N-dealkylation sites (N-methyl/N-ethyl adjacent to an activating group) is 1. The van der Waals surface area contributed by atoms with Crippen LogP contribution in [0.25, 0.3) is 0 Å². The number of aldehydes is 1. The van der Waals surface area contributed by atoms with Gasteiger partial charge in [0.25, 0.3) is 0 Å². The van der Waals surface area contributed by atoms with Crippen LogP contribution in [0, 0.1) is 0 Å². The van der Waals surface area contributed by atoms with Gasteiger partial charge in [-0.25, -0.2) is 4.79 Å². The van der Waals surface area contributed by atoms with Gasteiger partial charge in [0.15, 0.2) is 0 Å². The Morgan fingerprint density at radius 2 is 1.77 bits per heavy atom. The third-order valence-corrected chi connectivity index (χ3v) is 3.38. The second-order valence-corrected chi connectivity index (χ2v) is 4.79. The van der Waals surface area contributed by atoms with Gasteiger partial charge in [-0.2, -0.15) is 0 Å². The SMILES string of the molecule is CCN(CCOC(=O)c1ccccc1)c1ccc(C=O)cc1. The molecule has 0 spiro atoms. The van der Waals surface area contributed by atoms with Gasteiger partial charge in [0, 0.05) is 17.8 Å². The summed E-state index contributed by atoms with van der Waals surface area (Å²) in [5, 5.41) is 0. The van der Waals surface area contributed by atoms with E-state index in [0.29, 0.717) is 24.3 Å². The van der Waals surface area contributed by atoms with Crippen molar-refractivity contribution in [3.8, 4) is 0 Å². The van der Waals surface area contributed by atoms with Crippen molar-refractivity contribution in [2.75, 3.05) is 24.6 Å². The standard InChI is InChI=1S/C18H19NO3/c1-2-19(17-10-8-15(14-20)9-11-17)12-13-22-18(21)16-6-4-3-5-7-16/h3-11,14H,2,12-13H2,1H3. The first-order valence-corrected chi connectivity index (χ1v) is 7.27. The number of rotatable bonds is 7. The predicted octanol–water partition coefficient (Wildman–Crippen LogP) is 3.18. The molecule has 0 aliphatic carbocycles. The fourth-order valence-electron chi connectivity index (χ4n) is 2.14. The molecule has 4 nitrogen and oxygen atoms in total. The molecule has 0 aliphatic heterocycles. The Kier molecular flexibility index (Phi) is 5.72. The van der Waals surface area contributed by atoms with Crippen molar-refractivity contribution in [1.29, 1.82) is 0 Å². The number of nitrogens with zero attached hydrogens (tertiary/aromatic N) is 1. The molecule has 2 aromatic rings. The Morgan fingerprint density at radius 1 is 1.09 bits per heavy atom. The van der Waals surface area contributed by atoms with Crippen LogP contribution in [0.3, 0.4) is 0 Å². The van der Waals surface area contributed by atoms with Crippen LogP contribution in [0.4, 0.5) is 5.69 Å². The van der Waals surface area contributed by atoms with Crippen molar-refractivity contribution in [2.45, 2.75) is 6.92 Å². The third kappa shape index (κ3) is 4.19. The molecular formula is C18H19NO3. The van der Waals surface area contributed by atoms with Crippen molar-refractivity contribution in [2.24, 2.45) is 0 Å². The Balaban J connectivity index is 1.88. The van der Waals surface area contributed by atoms with Crippen LogP contribution in [0.2, 0.25) is 0 Å². The summed E-state index contributed by atoms with van der Waals surface area (Å²) < 4.78 is 5.29. The third-order valence-electron chi connectivity index (χ3n) is 3.38. The van der Waals surface area contributed by atoms with E-state index in [1.807, 2.05) is 37.3 Å². The number of hydrogen-bond acceptors (Lipinski definition) is 4. The highest BCUT2D eigenvalue weighted by molar-refractivity contribution is 5.89. The van der Waals surface area contributed by atoms with E-state index in [2.05, 4.69) is 4.90 Å². The van der Waals surface area contributed by atoms with Gasteiger partial charge < -0.3 is 9.64 Å². The molecule has 0 unspecified atom stereocenters. The van der Waals surface area contributed by atoms with E-state index in [1.54, 1.807) is 24.3 Å². The van der Waals surface area contributed by atoms with Crippen molar-refractivity contribution >= 4 is 17.9 Å². The molecule has 22 heavy (non-hydrogen) atoms. The largest absolute Gasteiger partial charge is 0.460 e. The molecule has 0 saturated heterocycles. The second kappa shape index (κ2) is 7.98. The zero-order chi connectivity index (χ0) is 15.8. The molecule has 0 aromatic heterocycles. The smallest absolute Gasteiger partial charge is 0.338 e. The van der Waals surface area contributed by atoms with Crippen LogP contribution in [0.1, 0.15) is 27.6 Å². The van der Waals surface area contributed by atoms with E-state index in [9.17, 15) is 9.59 Å². The molecule has 2 aromatic carbocycles. The van der Waals surface area contributed by atoms with Gasteiger partial charge in [-0.05, 0) is 43.3 Å². The first-order chi connectivity index (χ1) is 10.7. The van der Waals surface area contributed by atoms with E-state index in [0.717, 1.165) is 18.5 Å². The van der Waals surface area contributed by atoms with Crippen LogP contribution < -0.4 is 4.90 Å². The zero-order valence-corrected chi connectivity index (χ0v) is 12.6. The van der Waals surface area contributed by atoms with Gasteiger partial charge >= 0.3 is 5.97 Å². The maximum Gasteiger partial charge on any atom is 0.338 e. The van der Waals surface area contributed by atoms with Crippen LogP contribution in [0.5, 0.6) is 0 Å². The minimum atomic E-state index is -0.312. The molecule has 0 atom stereocenters. The molecule has 0 N–H and O–H groups in total. The summed E-state index contributed by atoms with van der Waals surface area (Å²) in [6.07, 6.45) is 0.821. The molecule has 0 saturated carbocycles.